The van der Waals surface area contributed by atoms with Crippen molar-refractivity contribution in [3.63, 3.8) is 0 Å². The zero-order valence-electron chi connectivity index (χ0n) is 10.1. The molecule has 0 amide bonds. The van der Waals surface area contributed by atoms with Crippen LogP contribution in [0.15, 0.2) is 4.42 Å². The van der Waals surface area contributed by atoms with Crippen molar-refractivity contribution in [1.29, 1.82) is 0 Å². The van der Waals surface area contributed by atoms with Crippen LogP contribution >= 0.6 is 0 Å². The molecule has 0 atom stereocenters. The van der Waals surface area contributed by atoms with E-state index in [-0.39, 0.29) is 5.89 Å². The van der Waals surface area contributed by atoms with Gasteiger partial charge in [0, 0.05) is 6.42 Å². The van der Waals surface area contributed by atoms with Crippen molar-refractivity contribution in [1.82, 2.24) is 10.2 Å². The van der Waals surface area contributed by atoms with Gasteiger partial charge >= 0.3 is 11.9 Å². The molecule has 5 heteroatoms. The van der Waals surface area contributed by atoms with Crippen molar-refractivity contribution in [2.45, 2.75) is 45.4 Å². The first-order chi connectivity index (χ1) is 8.29. The lowest BCUT2D eigenvalue weighted by Crippen LogP contribution is -2.04. The fraction of sp³-hybridized carbons (Fsp3) is 0.750. The summed E-state index contributed by atoms with van der Waals surface area (Å²) in [5, 5.41) is 7.55. The van der Waals surface area contributed by atoms with Crippen LogP contribution in [0.25, 0.3) is 0 Å². The second kappa shape index (κ2) is 5.80. The van der Waals surface area contributed by atoms with Gasteiger partial charge in [-0.1, -0.05) is 25.7 Å². The summed E-state index contributed by atoms with van der Waals surface area (Å²) in [6.45, 7) is 2.06. The lowest BCUT2D eigenvalue weighted by molar-refractivity contribution is 0.0478. The Labute approximate surface area is 101 Å². The SMILES string of the molecule is CCOC(=O)c1nnc(CCC2CCCC2)o1. The molecular formula is C12H18N2O3. The van der Waals surface area contributed by atoms with Crippen LogP contribution in [0.4, 0.5) is 0 Å². The van der Waals surface area contributed by atoms with Crippen LogP contribution in [0.2, 0.25) is 0 Å². The third kappa shape index (κ3) is 3.28. The largest absolute Gasteiger partial charge is 0.459 e. The summed E-state index contributed by atoms with van der Waals surface area (Å²) in [6.07, 6.45) is 7.12. The molecule has 0 saturated heterocycles. The van der Waals surface area contributed by atoms with Crippen LogP contribution in [0, 0.1) is 5.92 Å². The first kappa shape index (κ1) is 12.1. The summed E-state index contributed by atoms with van der Waals surface area (Å²) in [4.78, 5) is 11.3. The van der Waals surface area contributed by atoms with Crippen molar-refractivity contribution in [2.75, 3.05) is 6.61 Å². The van der Waals surface area contributed by atoms with E-state index < -0.39 is 5.97 Å². The molecule has 17 heavy (non-hydrogen) atoms. The van der Waals surface area contributed by atoms with Gasteiger partial charge in [0.1, 0.15) is 0 Å². The Balaban J connectivity index is 1.83. The van der Waals surface area contributed by atoms with Gasteiger partial charge < -0.3 is 9.15 Å². The molecule has 1 aliphatic rings. The van der Waals surface area contributed by atoms with E-state index >= 15 is 0 Å². The van der Waals surface area contributed by atoms with E-state index in [4.69, 9.17) is 9.15 Å². The third-order valence-corrected chi connectivity index (χ3v) is 3.16. The second-order valence-electron chi connectivity index (χ2n) is 4.41. The van der Waals surface area contributed by atoms with E-state index in [1.807, 2.05) is 0 Å². The van der Waals surface area contributed by atoms with Gasteiger partial charge in [-0.2, -0.15) is 0 Å². The second-order valence-corrected chi connectivity index (χ2v) is 4.41. The molecule has 0 bridgehead atoms. The molecule has 0 N–H and O–H groups in total. The Morgan fingerprint density at radius 1 is 1.41 bits per heavy atom. The van der Waals surface area contributed by atoms with Crippen molar-refractivity contribution < 1.29 is 13.9 Å². The maximum absolute atomic E-state index is 11.3. The molecule has 0 radical (unpaired) electrons. The van der Waals surface area contributed by atoms with Crippen LogP contribution in [0.1, 0.15) is 55.6 Å². The maximum Gasteiger partial charge on any atom is 0.396 e. The number of aryl methyl sites for hydroxylation is 1. The van der Waals surface area contributed by atoms with Crippen LogP contribution in [-0.4, -0.2) is 22.8 Å². The standard InChI is InChI=1S/C12H18N2O3/c1-2-16-12(15)11-14-13-10(17-11)8-7-9-5-3-4-6-9/h9H,2-8H2,1H3. The van der Waals surface area contributed by atoms with Gasteiger partial charge in [-0.05, 0) is 19.3 Å². The van der Waals surface area contributed by atoms with E-state index in [0.29, 0.717) is 12.5 Å². The van der Waals surface area contributed by atoms with Crippen molar-refractivity contribution in [3.8, 4) is 0 Å². The highest BCUT2D eigenvalue weighted by molar-refractivity contribution is 5.83. The minimum absolute atomic E-state index is 0.0340. The van der Waals surface area contributed by atoms with Gasteiger partial charge in [0.25, 0.3) is 0 Å². The van der Waals surface area contributed by atoms with E-state index in [1.165, 1.54) is 25.7 Å². The summed E-state index contributed by atoms with van der Waals surface area (Å²) in [7, 11) is 0. The van der Waals surface area contributed by atoms with Crippen LogP contribution < -0.4 is 0 Å². The Hall–Kier alpha value is -1.39. The molecule has 5 nitrogen and oxygen atoms in total. The maximum atomic E-state index is 11.3. The monoisotopic (exact) mass is 238 g/mol. The number of aromatic nitrogens is 2. The van der Waals surface area contributed by atoms with Crippen LogP contribution in [0.3, 0.4) is 0 Å². The smallest absolute Gasteiger partial charge is 0.396 e. The third-order valence-electron chi connectivity index (χ3n) is 3.16. The van der Waals surface area contributed by atoms with E-state index in [0.717, 1.165) is 18.8 Å². The molecule has 1 heterocycles. The number of ether oxygens (including phenoxy) is 1. The number of hydrogen-bond acceptors (Lipinski definition) is 5. The van der Waals surface area contributed by atoms with E-state index in [2.05, 4.69) is 10.2 Å². The fourth-order valence-corrected chi connectivity index (χ4v) is 2.26. The minimum atomic E-state index is -0.535. The van der Waals surface area contributed by atoms with Crippen molar-refractivity contribution in [2.24, 2.45) is 5.92 Å². The Morgan fingerprint density at radius 3 is 2.88 bits per heavy atom. The highest BCUT2D eigenvalue weighted by Gasteiger charge is 2.18. The molecule has 0 unspecified atom stereocenters. The summed E-state index contributed by atoms with van der Waals surface area (Å²) in [6, 6.07) is 0. The van der Waals surface area contributed by atoms with Gasteiger partial charge in [0.2, 0.25) is 5.89 Å². The van der Waals surface area contributed by atoms with Crippen LogP contribution in [0.5, 0.6) is 0 Å². The van der Waals surface area contributed by atoms with Gasteiger partial charge in [0.05, 0.1) is 6.61 Å². The quantitative estimate of drug-likeness (QED) is 0.737. The molecule has 0 spiro atoms. The Kier molecular flexibility index (Phi) is 4.12. The topological polar surface area (TPSA) is 65.2 Å². The average molecular weight is 238 g/mol. The molecule has 2 rings (SSSR count). The number of hydrogen-bond donors (Lipinski definition) is 0. The normalized spacial score (nSPS) is 16.3. The molecule has 1 fully saturated rings. The van der Waals surface area contributed by atoms with Gasteiger partial charge in [-0.25, -0.2) is 4.79 Å². The summed E-state index contributed by atoms with van der Waals surface area (Å²) < 4.78 is 10.0. The summed E-state index contributed by atoms with van der Waals surface area (Å²) >= 11 is 0. The lowest BCUT2D eigenvalue weighted by atomic mass is 10.0. The minimum Gasteiger partial charge on any atom is -0.459 e. The van der Waals surface area contributed by atoms with E-state index in [1.54, 1.807) is 6.92 Å². The predicted molar refractivity (Wildman–Crippen MR) is 60.5 cm³/mol. The molecule has 0 aromatic carbocycles. The Morgan fingerprint density at radius 2 is 2.18 bits per heavy atom. The molecular weight excluding hydrogens is 220 g/mol. The average Bonchev–Trinajstić information content (AvgIpc) is 2.98. The number of carbonyl (C=O) groups is 1. The molecule has 1 aromatic rings. The van der Waals surface area contributed by atoms with Gasteiger partial charge in [0.15, 0.2) is 0 Å². The zero-order valence-corrected chi connectivity index (χ0v) is 10.1. The number of esters is 1. The molecule has 1 aliphatic carbocycles. The number of rotatable bonds is 5. The molecule has 1 saturated carbocycles. The van der Waals surface area contributed by atoms with E-state index in [9.17, 15) is 4.79 Å². The zero-order chi connectivity index (χ0) is 12.1. The molecule has 94 valence electrons. The first-order valence-electron chi connectivity index (χ1n) is 6.29. The number of carbonyl (C=O) groups excluding carboxylic acids is 1. The predicted octanol–water partition coefficient (Wildman–Crippen LogP) is 2.37. The summed E-state index contributed by atoms with van der Waals surface area (Å²) in [5.41, 5.74) is 0. The number of nitrogens with zero attached hydrogens (tertiary/aromatic N) is 2. The Bertz CT molecular complexity index is 370. The fourth-order valence-electron chi connectivity index (χ4n) is 2.26. The van der Waals surface area contributed by atoms with Crippen molar-refractivity contribution in [3.05, 3.63) is 11.8 Å². The molecule has 0 aliphatic heterocycles. The highest BCUT2D eigenvalue weighted by atomic mass is 16.5. The lowest BCUT2D eigenvalue weighted by Gasteiger charge is -2.04. The highest BCUT2D eigenvalue weighted by Crippen LogP contribution is 2.28. The van der Waals surface area contributed by atoms with Crippen molar-refractivity contribution >= 4 is 5.97 Å². The first-order valence-corrected chi connectivity index (χ1v) is 6.29. The molecule has 1 aromatic heterocycles. The van der Waals surface area contributed by atoms with Gasteiger partial charge in [-0.15, -0.1) is 10.2 Å². The summed E-state index contributed by atoms with van der Waals surface area (Å²) in [5.74, 6) is 0.758. The van der Waals surface area contributed by atoms with Crippen LogP contribution in [-0.2, 0) is 11.2 Å². The van der Waals surface area contributed by atoms with Gasteiger partial charge in [-0.3, -0.25) is 0 Å².